The summed E-state index contributed by atoms with van der Waals surface area (Å²) in [6.07, 6.45) is 11.7. The zero-order valence-corrected chi connectivity index (χ0v) is 37.0. The molecule has 8 rings (SSSR count). The smallest absolute Gasteiger partial charge is 0.251 e. The average molecular weight is 846 g/mol. The van der Waals surface area contributed by atoms with Crippen LogP contribution in [0.3, 0.4) is 0 Å². The first-order valence-electron chi connectivity index (χ1n) is 21.4. The summed E-state index contributed by atoms with van der Waals surface area (Å²) in [5.74, 6) is 2.27. The summed E-state index contributed by atoms with van der Waals surface area (Å²) in [5.41, 5.74) is 25.5. The van der Waals surface area contributed by atoms with Crippen molar-refractivity contribution in [1.82, 2.24) is 44.4 Å². The van der Waals surface area contributed by atoms with Gasteiger partial charge in [-0.2, -0.15) is 20.2 Å². The molecule has 0 spiro atoms. The molecule has 4 heterocycles. The van der Waals surface area contributed by atoms with Crippen LogP contribution in [0, 0.1) is 0 Å². The van der Waals surface area contributed by atoms with E-state index in [1.54, 1.807) is 19.5 Å². The Morgan fingerprint density at radius 3 is 2.25 bits per heavy atom. The topological polar surface area (TPSA) is 201 Å². The summed E-state index contributed by atoms with van der Waals surface area (Å²) in [4.78, 5) is 39.3. The Bertz CT molecular complexity index is 2730. The van der Waals surface area contributed by atoms with E-state index in [2.05, 4.69) is 60.2 Å². The molecule has 0 amide bonds. The van der Waals surface area contributed by atoms with Gasteiger partial charge in [-0.25, -0.2) is 19.9 Å². The molecular weight excluding hydrogens is 791 g/mol. The minimum absolute atomic E-state index is 0.00556. The molecule has 1 unspecified atom stereocenters. The monoisotopic (exact) mass is 845 g/mol. The standard InChI is InChI=1S/C47H55N15O/c1-7-50-20-18-38(48)55-47-53-28-34-33(25-36-41(43(34)57-47)44(62(5)59-36)29-12-9-8-10-13-29)24-30-14-11-15-31(45(30)63-6)26-37-40-35(58-61(37)4)17-16-32-27-52-46(56-42(32)40)54-39(49)19-21-51-22-23-60(2)3/h8-15,20-21,27-28,33H,7,16-19,22-26H2,1-6H3,(H2,48,53,55,57)(H2,49,52,54,56). The first kappa shape index (κ1) is 42.7. The van der Waals surface area contributed by atoms with Gasteiger partial charge in [0, 0.05) is 99.1 Å². The minimum atomic E-state index is 0.00556. The summed E-state index contributed by atoms with van der Waals surface area (Å²) < 4.78 is 10.2. The average Bonchev–Trinajstić information content (AvgIpc) is 3.78. The van der Waals surface area contributed by atoms with Gasteiger partial charge in [-0.05, 0) is 63.7 Å². The summed E-state index contributed by atoms with van der Waals surface area (Å²) in [6, 6.07) is 16.7. The molecule has 0 fully saturated rings. The van der Waals surface area contributed by atoms with Gasteiger partial charge in [0.15, 0.2) is 0 Å². The number of aryl methyl sites for hydroxylation is 4. The van der Waals surface area contributed by atoms with Crippen molar-refractivity contribution in [3.63, 3.8) is 0 Å². The number of likely N-dealkylation sites (N-methyl/N-ethyl adjacent to an activating group) is 1. The molecule has 0 bridgehead atoms. The van der Waals surface area contributed by atoms with Crippen molar-refractivity contribution in [3.05, 3.63) is 100 Å². The predicted octanol–water partition coefficient (Wildman–Crippen LogP) is 5.80. The highest BCUT2D eigenvalue weighted by molar-refractivity contribution is 5.94. The minimum Gasteiger partial charge on any atom is -0.496 e. The maximum absolute atomic E-state index is 6.31. The quantitative estimate of drug-likeness (QED) is 0.0887. The number of nitrogens with two attached hydrogens (primary N) is 2. The molecule has 0 radical (unpaired) electrons. The fourth-order valence-corrected chi connectivity index (χ4v) is 8.52. The summed E-state index contributed by atoms with van der Waals surface area (Å²) >= 11 is 0. The Hall–Kier alpha value is -6.94. The number of nitrogens with zero attached hydrogens (tertiary/aromatic N) is 13. The van der Waals surface area contributed by atoms with Crippen molar-refractivity contribution >= 4 is 36.0 Å². The first-order chi connectivity index (χ1) is 30.6. The van der Waals surface area contributed by atoms with Gasteiger partial charge in [0.2, 0.25) is 0 Å². The van der Waals surface area contributed by atoms with Crippen LogP contribution in [0.5, 0.6) is 5.75 Å². The van der Waals surface area contributed by atoms with Crippen molar-refractivity contribution in [2.45, 2.75) is 57.8 Å². The molecule has 0 saturated heterocycles. The van der Waals surface area contributed by atoms with E-state index >= 15 is 0 Å². The number of aromatic nitrogens is 8. The van der Waals surface area contributed by atoms with E-state index < -0.39 is 0 Å². The second-order valence-corrected chi connectivity index (χ2v) is 16.1. The van der Waals surface area contributed by atoms with Crippen molar-refractivity contribution in [3.8, 4) is 39.5 Å². The predicted molar refractivity (Wildman–Crippen MR) is 250 cm³/mol. The lowest BCUT2D eigenvalue weighted by atomic mass is 9.80. The molecule has 2 aromatic carbocycles. The van der Waals surface area contributed by atoms with Crippen LogP contribution < -0.4 is 16.2 Å². The van der Waals surface area contributed by atoms with Crippen LogP contribution in [-0.4, -0.2) is 109 Å². The lowest BCUT2D eigenvalue weighted by Crippen LogP contribution is -2.17. The first-order valence-corrected chi connectivity index (χ1v) is 21.4. The number of ether oxygens (including phenoxy) is 1. The van der Waals surface area contributed by atoms with Gasteiger partial charge in [-0.15, -0.1) is 0 Å². The molecule has 4 aromatic heterocycles. The van der Waals surface area contributed by atoms with Crippen LogP contribution in [0.25, 0.3) is 33.8 Å². The van der Waals surface area contributed by atoms with Crippen LogP contribution in [0.1, 0.15) is 65.0 Å². The maximum atomic E-state index is 6.31. The lowest BCUT2D eigenvalue weighted by molar-refractivity contribution is 0.403. The van der Waals surface area contributed by atoms with E-state index in [1.165, 1.54) is 0 Å². The Balaban J connectivity index is 1.11. The van der Waals surface area contributed by atoms with Crippen LogP contribution in [0.15, 0.2) is 80.9 Å². The zero-order valence-electron chi connectivity index (χ0n) is 37.0. The SMILES string of the molecule is CCN=CCC(N)=Nc1ncc2c(n1)-c1c(nn(C)c1-c1ccccc1)CC2Cc1cccc(Cc2c3c(nn2C)CCc2cnc(N=C(N)CC=NCCN(C)C)nc2-3)c1OC. The Morgan fingerprint density at radius 1 is 0.825 bits per heavy atom. The number of hydrogen-bond acceptors (Lipinski definition) is 12. The van der Waals surface area contributed by atoms with E-state index in [4.69, 9.17) is 41.4 Å². The number of hydrogen-bond donors (Lipinski definition) is 2. The van der Waals surface area contributed by atoms with Crippen LogP contribution in [0.2, 0.25) is 0 Å². The third kappa shape index (κ3) is 9.31. The third-order valence-corrected chi connectivity index (χ3v) is 11.5. The van der Waals surface area contributed by atoms with Crippen molar-refractivity contribution in [2.75, 3.05) is 40.8 Å². The Kier molecular flexibility index (Phi) is 12.9. The van der Waals surface area contributed by atoms with Gasteiger partial charge in [0.25, 0.3) is 11.9 Å². The van der Waals surface area contributed by atoms with Crippen molar-refractivity contribution < 1.29 is 4.74 Å². The molecule has 2 aliphatic carbocycles. The molecule has 0 saturated carbocycles. The van der Waals surface area contributed by atoms with Gasteiger partial charge in [-0.3, -0.25) is 19.3 Å². The van der Waals surface area contributed by atoms with Gasteiger partial charge >= 0.3 is 0 Å². The summed E-state index contributed by atoms with van der Waals surface area (Å²) in [7, 11) is 9.77. The molecular formula is C47H55N15O. The van der Waals surface area contributed by atoms with E-state index in [1.807, 2.05) is 75.1 Å². The number of aliphatic imine (C=N–C) groups is 4. The number of para-hydroxylation sites is 1. The number of fused-ring (bicyclic) bond motifs is 6. The van der Waals surface area contributed by atoms with Crippen LogP contribution in [0.4, 0.5) is 11.9 Å². The second-order valence-electron chi connectivity index (χ2n) is 16.1. The lowest BCUT2D eigenvalue weighted by Gasteiger charge is -2.26. The van der Waals surface area contributed by atoms with Crippen LogP contribution >= 0.6 is 0 Å². The third-order valence-electron chi connectivity index (χ3n) is 11.5. The molecule has 1 atom stereocenters. The summed E-state index contributed by atoms with van der Waals surface area (Å²) in [6.45, 7) is 4.23. The van der Waals surface area contributed by atoms with Gasteiger partial charge in [-0.1, -0.05) is 48.5 Å². The molecule has 0 aliphatic heterocycles. The van der Waals surface area contributed by atoms with Crippen molar-refractivity contribution in [1.29, 1.82) is 0 Å². The molecule has 16 nitrogen and oxygen atoms in total. The Labute approximate surface area is 368 Å². The fourth-order valence-electron chi connectivity index (χ4n) is 8.52. The number of amidine groups is 2. The van der Waals surface area contributed by atoms with E-state index in [0.29, 0.717) is 68.8 Å². The maximum Gasteiger partial charge on any atom is 0.251 e. The Morgan fingerprint density at radius 2 is 1.52 bits per heavy atom. The largest absolute Gasteiger partial charge is 0.496 e. The van der Waals surface area contributed by atoms with Crippen molar-refractivity contribution in [2.24, 2.45) is 45.5 Å². The highest BCUT2D eigenvalue weighted by Gasteiger charge is 2.34. The van der Waals surface area contributed by atoms with Gasteiger partial charge in [0.05, 0.1) is 47.8 Å². The van der Waals surface area contributed by atoms with Gasteiger partial charge in [0.1, 0.15) is 17.4 Å². The van der Waals surface area contributed by atoms with E-state index in [0.717, 1.165) is 98.2 Å². The normalized spacial score (nSPS) is 14.9. The highest BCUT2D eigenvalue weighted by atomic mass is 16.5. The molecule has 324 valence electrons. The molecule has 2 aliphatic rings. The molecule has 6 aromatic rings. The summed E-state index contributed by atoms with van der Waals surface area (Å²) in [5, 5.41) is 10.1. The molecule has 63 heavy (non-hydrogen) atoms. The highest BCUT2D eigenvalue weighted by Crippen LogP contribution is 2.46. The molecule has 4 N–H and O–H groups in total. The van der Waals surface area contributed by atoms with Crippen LogP contribution in [-0.2, 0) is 46.2 Å². The second kappa shape index (κ2) is 19.0. The fraction of sp³-hybridized carbons (Fsp3) is 0.362. The number of benzene rings is 2. The van der Waals surface area contributed by atoms with E-state index in [9.17, 15) is 0 Å². The van der Waals surface area contributed by atoms with E-state index in [-0.39, 0.29) is 5.92 Å². The number of methoxy groups -OCH3 is 1. The zero-order chi connectivity index (χ0) is 44.0. The molecule has 16 heteroatoms. The number of rotatable bonds is 16. The van der Waals surface area contributed by atoms with Gasteiger partial charge < -0.3 is 21.1 Å².